The van der Waals surface area contributed by atoms with Crippen LogP contribution in [0.15, 0.2) is 48.5 Å². The molecule has 0 spiro atoms. The highest BCUT2D eigenvalue weighted by Crippen LogP contribution is 2.47. The predicted molar refractivity (Wildman–Crippen MR) is 140 cm³/mol. The molecule has 3 amide bonds. The molecule has 2 aromatic carbocycles. The van der Waals surface area contributed by atoms with Crippen LogP contribution in [0.5, 0.6) is 11.5 Å². The summed E-state index contributed by atoms with van der Waals surface area (Å²) in [6, 6.07) is 9.54. The first-order chi connectivity index (χ1) is 19.4. The Hall–Kier alpha value is -3.95. The highest BCUT2D eigenvalue weighted by atomic mass is 19.3. The Bertz CT molecular complexity index is 1210. The van der Waals surface area contributed by atoms with Crippen LogP contribution in [-0.4, -0.2) is 73.1 Å². The summed E-state index contributed by atoms with van der Waals surface area (Å²) in [4.78, 5) is 40.0. The first-order valence-corrected chi connectivity index (χ1v) is 12.7. The lowest BCUT2D eigenvalue weighted by Gasteiger charge is -2.32. The Morgan fingerprint density at radius 3 is 2.10 bits per heavy atom. The fourth-order valence-corrected chi connectivity index (χ4v) is 3.96. The molecular formula is C26H32F4N6O5. The van der Waals surface area contributed by atoms with Crippen LogP contribution in [0.1, 0.15) is 18.4 Å². The third-order valence-electron chi connectivity index (χ3n) is 6.11. The van der Waals surface area contributed by atoms with Crippen molar-refractivity contribution in [3.8, 4) is 11.5 Å². The number of hydrogen-bond donors (Lipinski definition) is 5. The average Bonchev–Trinajstić information content (AvgIpc) is 2.91. The molecule has 0 saturated heterocycles. The molecule has 1 aliphatic heterocycles. The van der Waals surface area contributed by atoms with Gasteiger partial charge in [0.1, 0.15) is 6.04 Å². The summed E-state index contributed by atoms with van der Waals surface area (Å²) in [7, 11) is 0. The summed E-state index contributed by atoms with van der Waals surface area (Å²) < 4.78 is 62.3. The lowest BCUT2D eigenvalue weighted by atomic mass is 10.0. The van der Waals surface area contributed by atoms with Gasteiger partial charge in [-0.15, -0.1) is 0 Å². The Morgan fingerprint density at radius 1 is 0.878 bits per heavy atom. The largest absolute Gasteiger partial charge is 0.507 e. The van der Waals surface area contributed by atoms with Crippen molar-refractivity contribution in [1.82, 2.24) is 10.2 Å². The van der Waals surface area contributed by atoms with Gasteiger partial charge in [0.15, 0.2) is 11.5 Å². The van der Waals surface area contributed by atoms with E-state index in [4.69, 9.17) is 17.2 Å². The van der Waals surface area contributed by atoms with Crippen molar-refractivity contribution in [2.24, 2.45) is 17.2 Å². The van der Waals surface area contributed by atoms with E-state index in [0.29, 0.717) is 6.42 Å². The maximum absolute atomic E-state index is 13.6. The molecule has 2 aromatic rings. The zero-order chi connectivity index (χ0) is 30.2. The number of fused-ring (bicyclic) bond motifs is 1. The molecule has 1 heterocycles. The van der Waals surface area contributed by atoms with Crippen molar-refractivity contribution in [2.75, 3.05) is 31.5 Å². The zero-order valence-electron chi connectivity index (χ0n) is 22.0. The number of ether oxygens (including phenoxy) is 2. The van der Waals surface area contributed by atoms with Gasteiger partial charge in [-0.2, -0.15) is 17.6 Å². The predicted octanol–water partition coefficient (Wildman–Crippen LogP) is 1.16. The molecule has 0 radical (unpaired) electrons. The number of aryl methyl sites for hydroxylation is 1. The molecule has 2 atom stereocenters. The third-order valence-corrected chi connectivity index (χ3v) is 6.11. The lowest BCUT2D eigenvalue weighted by molar-refractivity contribution is -0.391. The number of nitrogens with zero attached hydrogens (tertiary/aromatic N) is 1. The fraction of sp³-hybridized carbons (Fsp3) is 0.423. The first kappa shape index (κ1) is 31.6. The van der Waals surface area contributed by atoms with Gasteiger partial charge in [0, 0.05) is 37.9 Å². The van der Waals surface area contributed by atoms with Crippen LogP contribution in [0.3, 0.4) is 0 Å². The van der Waals surface area contributed by atoms with E-state index in [1.54, 1.807) is 12.1 Å². The second-order valence-electron chi connectivity index (χ2n) is 9.24. The summed E-state index contributed by atoms with van der Waals surface area (Å²) in [6.45, 7) is 0.834. The number of carbonyl (C=O) groups excluding carboxylic acids is 3. The van der Waals surface area contributed by atoms with Crippen molar-refractivity contribution in [3.05, 3.63) is 54.1 Å². The molecule has 0 aromatic heterocycles. The van der Waals surface area contributed by atoms with E-state index < -0.39 is 53.5 Å². The Balaban J connectivity index is 1.73. The Kier molecular flexibility index (Phi) is 10.5. The number of hydrogen-bond acceptors (Lipinski definition) is 8. The second kappa shape index (κ2) is 13.6. The molecule has 0 unspecified atom stereocenters. The molecule has 0 fully saturated rings. The van der Waals surface area contributed by atoms with Crippen LogP contribution in [0.25, 0.3) is 0 Å². The molecule has 15 heteroatoms. The van der Waals surface area contributed by atoms with Crippen molar-refractivity contribution < 1.29 is 41.4 Å². The quantitative estimate of drug-likeness (QED) is 0.218. The van der Waals surface area contributed by atoms with Gasteiger partial charge in [0.25, 0.3) is 0 Å². The van der Waals surface area contributed by atoms with E-state index in [0.717, 1.165) is 23.8 Å². The summed E-state index contributed by atoms with van der Waals surface area (Å²) in [5, 5.41) is 4.98. The number of nitrogens with two attached hydrogens (primary N) is 3. The molecule has 1 aliphatic rings. The maximum atomic E-state index is 13.6. The summed E-state index contributed by atoms with van der Waals surface area (Å²) in [5.74, 6) is -3.34. The number of anilines is 1. The molecule has 41 heavy (non-hydrogen) atoms. The summed E-state index contributed by atoms with van der Waals surface area (Å²) in [6.07, 6.45) is -9.73. The highest BCUT2D eigenvalue weighted by Gasteiger charge is 2.65. The standard InChI is InChI=1S/C26H32F4N6O5/c27-25(28)26(29,30)41-21-14-17(7-9-20(21)40-25)34-24(39)19(8-6-16-4-2-1-3-5-16)35-23(38)18(33)15-22(37)36(12-10-31)13-11-32/h1-5,7,9,14,18-19H,6,8,10-13,15,31-33H2,(H,34,39)(H,35,38)/t18-,19-/m0/s1. The molecule has 0 bridgehead atoms. The summed E-state index contributed by atoms with van der Waals surface area (Å²) in [5.41, 5.74) is 17.8. The number of halogens is 4. The molecule has 8 N–H and O–H groups in total. The van der Waals surface area contributed by atoms with Crippen molar-refractivity contribution in [2.45, 2.75) is 43.6 Å². The van der Waals surface area contributed by atoms with Crippen LogP contribution < -0.4 is 37.3 Å². The molecular weight excluding hydrogens is 552 g/mol. The smallest absolute Gasteiger partial charge is 0.421 e. The van der Waals surface area contributed by atoms with Gasteiger partial charge in [-0.1, -0.05) is 30.3 Å². The molecule has 224 valence electrons. The fourth-order valence-electron chi connectivity index (χ4n) is 3.96. The van der Waals surface area contributed by atoms with Crippen LogP contribution in [0, 0.1) is 0 Å². The number of rotatable bonds is 13. The summed E-state index contributed by atoms with van der Waals surface area (Å²) >= 11 is 0. The van der Waals surface area contributed by atoms with Gasteiger partial charge >= 0.3 is 12.2 Å². The van der Waals surface area contributed by atoms with E-state index in [1.165, 1.54) is 4.90 Å². The van der Waals surface area contributed by atoms with Crippen molar-refractivity contribution >= 4 is 23.4 Å². The first-order valence-electron chi connectivity index (χ1n) is 12.7. The third kappa shape index (κ3) is 8.28. The van der Waals surface area contributed by atoms with Gasteiger partial charge in [-0.25, -0.2) is 0 Å². The molecule has 11 nitrogen and oxygen atoms in total. The number of benzene rings is 2. The SMILES string of the molecule is NCCN(CCN)C(=O)C[C@H](N)C(=O)N[C@@H](CCc1ccccc1)C(=O)Nc1ccc2c(c1)OC(F)(F)C(F)(F)O2. The minimum atomic E-state index is -4.94. The monoisotopic (exact) mass is 584 g/mol. The minimum absolute atomic E-state index is 0.0870. The number of nitrogens with one attached hydrogen (secondary N) is 2. The van der Waals surface area contributed by atoms with Crippen LogP contribution in [0.4, 0.5) is 23.2 Å². The number of amides is 3. The van der Waals surface area contributed by atoms with Gasteiger partial charge in [0.2, 0.25) is 17.7 Å². The number of alkyl halides is 4. The Labute approximate surface area is 233 Å². The average molecular weight is 585 g/mol. The highest BCUT2D eigenvalue weighted by molar-refractivity contribution is 5.98. The molecule has 0 saturated carbocycles. The van der Waals surface area contributed by atoms with E-state index in [1.807, 2.05) is 18.2 Å². The van der Waals surface area contributed by atoms with E-state index in [9.17, 15) is 31.9 Å². The van der Waals surface area contributed by atoms with Gasteiger partial charge in [-0.3, -0.25) is 14.4 Å². The van der Waals surface area contributed by atoms with Gasteiger partial charge in [0.05, 0.1) is 12.5 Å². The minimum Gasteiger partial charge on any atom is -0.421 e. The second-order valence-corrected chi connectivity index (χ2v) is 9.24. The Morgan fingerprint density at radius 2 is 1.49 bits per heavy atom. The topological polar surface area (TPSA) is 175 Å². The maximum Gasteiger partial charge on any atom is 0.507 e. The van der Waals surface area contributed by atoms with Crippen molar-refractivity contribution in [1.29, 1.82) is 0 Å². The van der Waals surface area contributed by atoms with E-state index in [2.05, 4.69) is 20.1 Å². The van der Waals surface area contributed by atoms with E-state index >= 15 is 0 Å². The van der Waals surface area contributed by atoms with Crippen molar-refractivity contribution in [3.63, 3.8) is 0 Å². The van der Waals surface area contributed by atoms with Crippen LogP contribution >= 0.6 is 0 Å². The van der Waals surface area contributed by atoms with Gasteiger partial charge < -0.3 is 42.2 Å². The molecule has 3 rings (SSSR count). The zero-order valence-corrected chi connectivity index (χ0v) is 22.0. The van der Waals surface area contributed by atoms with Crippen LogP contribution in [0.2, 0.25) is 0 Å². The normalized spacial score (nSPS) is 16.3. The number of carbonyl (C=O) groups is 3. The van der Waals surface area contributed by atoms with E-state index in [-0.39, 0.29) is 44.7 Å². The van der Waals surface area contributed by atoms with Gasteiger partial charge in [-0.05, 0) is 30.5 Å². The lowest BCUT2D eigenvalue weighted by Crippen LogP contribution is -2.52. The van der Waals surface area contributed by atoms with Crippen LogP contribution in [-0.2, 0) is 20.8 Å². The molecule has 0 aliphatic carbocycles.